The lowest BCUT2D eigenvalue weighted by atomic mass is 10.0. The molecule has 2 aromatic rings. The van der Waals surface area contributed by atoms with E-state index in [1.807, 2.05) is 18.2 Å². The van der Waals surface area contributed by atoms with Crippen molar-refractivity contribution in [2.75, 3.05) is 17.2 Å². The van der Waals surface area contributed by atoms with E-state index in [4.69, 9.17) is 5.73 Å². The third-order valence-corrected chi connectivity index (χ3v) is 3.98. The van der Waals surface area contributed by atoms with E-state index in [1.54, 1.807) is 6.33 Å². The number of benzene rings is 1. The molecular formula is C15H20N4. The van der Waals surface area contributed by atoms with Crippen molar-refractivity contribution in [2.24, 2.45) is 5.92 Å². The molecule has 3 rings (SSSR count). The zero-order chi connectivity index (χ0) is 13.4. The first-order valence-corrected chi connectivity index (χ1v) is 6.93. The lowest BCUT2D eigenvalue weighted by Gasteiger charge is -2.29. The first-order valence-electron chi connectivity index (χ1n) is 6.93. The average Bonchev–Trinajstić information content (AvgIpc) is 2.87. The quantitative estimate of drug-likeness (QED) is 0.839. The van der Waals surface area contributed by atoms with E-state index in [0.717, 1.165) is 29.0 Å². The molecule has 0 bridgehead atoms. The lowest BCUT2D eigenvalue weighted by Crippen LogP contribution is -2.34. The molecule has 0 amide bonds. The highest BCUT2D eigenvalue weighted by atomic mass is 15.2. The molecule has 19 heavy (non-hydrogen) atoms. The summed E-state index contributed by atoms with van der Waals surface area (Å²) in [5.41, 5.74) is 7.65. The molecule has 1 aliphatic heterocycles. The minimum atomic E-state index is 0.569. The van der Waals surface area contributed by atoms with Crippen LogP contribution >= 0.6 is 0 Å². The molecule has 4 nitrogen and oxygen atoms in total. The number of nitrogens with two attached hydrogens (primary N) is 1. The van der Waals surface area contributed by atoms with Gasteiger partial charge in [-0.15, -0.1) is 0 Å². The fourth-order valence-corrected chi connectivity index (χ4v) is 3.04. The lowest BCUT2D eigenvalue weighted by molar-refractivity contribution is 0.490. The van der Waals surface area contributed by atoms with Crippen LogP contribution in [-0.4, -0.2) is 22.6 Å². The Morgan fingerprint density at radius 1 is 1.32 bits per heavy atom. The van der Waals surface area contributed by atoms with Crippen molar-refractivity contribution in [2.45, 2.75) is 32.7 Å². The second-order valence-electron chi connectivity index (χ2n) is 5.62. The third-order valence-electron chi connectivity index (χ3n) is 3.98. The van der Waals surface area contributed by atoms with Crippen LogP contribution in [-0.2, 0) is 0 Å². The molecule has 0 radical (unpaired) electrons. The Morgan fingerprint density at radius 3 is 2.95 bits per heavy atom. The number of nitrogens with zero attached hydrogens (tertiary/aromatic N) is 3. The summed E-state index contributed by atoms with van der Waals surface area (Å²) in [7, 11) is 0. The van der Waals surface area contributed by atoms with Crippen molar-refractivity contribution in [1.82, 2.24) is 9.97 Å². The van der Waals surface area contributed by atoms with Gasteiger partial charge in [0.15, 0.2) is 0 Å². The molecular weight excluding hydrogens is 236 g/mol. The van der Waals surface area contributed by atoms with Crippen LogP contribution in [0, 0.1) is 5.92 Å². The van der Waals surface area contributed by atoms with Crippen LogP contribution in [0.25, 0.3) is 10.9 Å². The summed E-state index contributed by atoms with van der Waals surface area (Å²) < 4.78 is 0. The van der Waals surface area contributed by atoms with Crippen molar-refractivity contribution in [3.63, 3.8) is 0 Å². The Hall–Kier alpha value is -1.84. The molecule has 0 aliphatic carbocycles. The van der Waals surface area contributed by atoms with Gasteiger partial charge in [0.25, 0.3) is 0 Å². The Balaban J connectivity index is 2.11. The first-order chi connectivity index (χ1) is 9.16. The van der Waals surface area contributed by atoms with Crippen molar-refractivity contribution in [1.29, 1.82) is 0 Å². The zero-order valence-corrected chi connectivity index (χ0v) is 11.5. The second-order valence-corrected chi connectivity index (χ2v) is 5.62. The minimum Gasteiger partial charge on any atom is -0.399 e. The van der Waals surface area contributed by atoms with Gasteiger partial charge in [0, 0.05) is 23.7 Å². The number of hydrogen-bond acceptors (Lipinski definition) is 4. The molecule has 1 aromatic heterocycles. The van der Waals surface area contributed by atoms with E-state index in [2.05, 4.69) is 28.7 Å². The van der Waals surface area contributed by atoms with Gasteiger partial charge >= 0.3 is 0 Å². The van der Waals surface area contributed by atoms with Gasteiger partial charge in [-0.25, -0.2) is 9.97 Å². The highest BCUT2D eigenvalue weighted by Gasteiger charge is 2.29. The van der Waals surface area contributed by atoms with Crippen LogP contribution in [0.4, 0.5) is 11.5 Å². The molecule has 2 N–H and O–H groups in total. The molecule has 0 spiro atoms. The molecule has 1 unspecified atom stereocenters. The van der Waals surface area contributed by atoms with Crippen LogP contribution < -0.4 is 10.6 Å². The van der Waals surface area contributed by atoms with Gasteiger partial charge in [0.05, 0.1) is 5.52 Å². The number of aromatic nitrogens is 2. The maximum absolute atomic E-state index is 5.91. The van der Waals surface area contributed by atoms with Gasteiger partial charge in [-0.05, 0) is 37.0 Å². The number of rotatable bonds is 2. The van der Waals surface area contributed by atoms with Crippen molar-refractivity contribution in [3.8, 4) is 0 Å². The van der Waals surface area contributed by atoms with Crippen LogP contribution in [0.1, 0.15) is 26.7 Å². The smallest absolute Gasteiger partial charge is 0.140 e. The third kappa shape index (κ3) is 2.11. The van der Waals surface area contributed by atoms with Gasteiger partial charge in [0.1, 0.15) is 12.1 Å². The molecule has 1 fully saturated rings. The SMILES string of the molecule is CC(C)C1CCCN1c1ncnc2ccc(N)cc12. The highest BCUT2D eigenvalue weighted by Crippen LogP contribution is 2.32. The van der Waals surface area contributed by atoms with E-state index in [-0.39, 0.29) is 0 Å². The largest absolute Gasteiger partial charge is 0.399 e. The molecule has 1 saturated heterocycles. The van der Waals surface area contributed by atoms with Crippen LogP contribution in [0.2, 0.25) is 0 Å². The van der Waals surface area contributed by atoms with Crippen LogP contribution in [0.3, 0.4) is 0 Å². The number of fused-ring (bicyclic) bond motifs is 1. The van der Waals surface area contributed by atoms with Gasteiger partial charge in [-0.2, -0.15) is 0 Å². The average molecular weight is 256 g/mol. The predicted molar refractivity (Wildman–Crippen MR) is 79.2 cm³/mol. The Morgan fingerprint density at radius 2 is 2.16 bits per heavy atom. The minimum absolute atomic E-state index is 0.569. The summed E-state index contributed by atoms with van der Waals surface area (Å²) in [5.74, 6) is 1.67. The van der Waals surface area contributed by atoms with E-state index >= 15 is 0 Å². The van der Waals surface area contributed by atoms with Crippen LogP contribution in [0.5, 0.6) is 0 Å². The molecule has 1 aromatic carbocycles. The standard InChI is InChI=1S/C15H20N4/c1-10(2)14-4-3-7-19(14)15-12-8-11(16)5-6-13(12)17-9-18-15/h5-6,8-10,14H,3-4,7,16H2,1-2H3. The topological polar surface area (TPSA) is 55.0 Å². The molecule has 4 heteroatoms. The van der Waals surface area contributed by atoms with E-state index in [0.29, 0.717) is 12.0 Å². The normalized spacial score (nSPS) is 19.5. The fourth-order valence-electron chi connectivity index (χ4n) is 3.04. The number of hydrogen-bond donors (Lipinski definition) is 1. The van der Waals surface area contributed by atoms with Crippen LogP contribution in [0.15, 0.2) is 24.5 Å². The maximum atomic E-state index is 5.91. The zero-order valence-electron chi connectivity index (χ0n) is 11.5. The van der Waals surface area contributed by atoms with Crippen molar-refractivity contribution < 1.29 is 0 Å². The summed E-state index contributed by atoms with van der Waals surface area (Å²) in [6, 6.07) is 6.42. The summed E-state index contributed by atoms with van der Waals surface area (Å²) in [6.07, 6.45) is 4.13. The Labute approximate surface area is 113 Å². The summed E-state index contributed by atoms with van der Waals surface area (Å²) in [6.45, 7) is 5.63. The van der Waals surface area contributed by atoms with E-state index < -0.39 is 0 Å². The Bertz CT molecular complexity index is 594. The van der Waals surface area contributed by atoms with Gasteiger partial charge in [-0.1, -0.05) is 13.8 Å². The number of anilines is 2. The summed E-state index contributed by atoms with van der Waals surface area (Å²) in [4.78, 5) is 11.3. The summed E-state index contributed by atoms with van der Waals surface area (Å²) >= 11 is 0. The van der Waals surface area contributed by atoms with E-state index in [1.165, 1.54) is 12.8 Å². The van der Waals surface area contributed by atoms with Gasteiger partial charge in [-0.3, -0.25) is 0 Å². The van der Waals surface area contributed by atoms with Crippen molar-refractivity contribution >= 4 is 22.4 Å². The fraction of sp³-hybridized carbons (Fsp3) is 0.467. The first kappa shape index (κ1) is 12.2. The number of nitrogen functional groups attached to an aromatic ring is 1. The second kappa shape index (κ2) is 4.68. The van der Waals surface area contributed by atoms with Gasteiger partial charge in [0.2, 0.25) is 0 Å². The van der Waals surface area contributed by atoms with E-state index in [9.17, 15) is 0 Å². The predicted octanol–water partition coefficient (Wildman–Crippen LogP) is 2.84. The molecule has 100 valence electrons. The van der Waals surface area contributed by atoms with Crippen molar-refractivity contribution in [3.05, 3.63) is 24.5 Å². The highest BCUT2D eigenvalue weighted by molar-refractivity contribution is 5.91. The Kier molecular flexibility index (Phi) is 3.01. The van der Waals surface area contributed by atoms with Gasteiger partial charge < -0.3 is 10.6 Å². The molecule has 1 atom stereocenters. The summed E-state index contributed by atoms with van der Waals surface area (Å²) in [5, 5.41) is 1.06. The molecule has 1 aliphatic rings. The molecule has 2 heterocycles. The molecule has 0 saturated carbocycles. The monoisotopic (exact) mass is 256 g/mol. The maximum Gasteiger partial charge on any atom is 0.140 e.